The minimum atomic E-state index is -0.412. The van der Waals surface area contributed by atoms with E-state index in [9.17, 15) is 4.79 Å². The number of methoxy groups -OCH3 is 1. The Bertz CT molecular complexity index is 900. The van der Waals surface area contributed by atoms with Crippen LogP contribution in [0, 0.1) is 0 Å². The highest BCUT2D eigenvalue weighted by Crippen LogP contribution is 2.29. The first-order valence-corrected chi connectivity index (χ1v) is 8.96. The van der Waals surface area contributed by atoms with E-state index in [4.69, 9.17) is 16.3 Å². The van der Waals surface area contributed by atoms with Crippen molar-refractivity contribution < 1.29 is 9.53 Å². The van der Waals surface area contributed by atoms with Crippen molar-refractivity contribution in [1.82, 2.24) is 19.7 Å². The fourth-order valence-corrected chi connectivity index (χ4v) is 3.14. The molecule has 3 aromatic rings. The van der Waals surface area contributed by atoms with Crippen LogP contribution in [0.4, 0.5) is 5.82 Å². The van der Waals surface area contributed by atoms with Crippen LogP contribution in [0.1, 0.15) is 6.92 Å². The number of para-hydroxylation sites is 2. The number of halogens is 1. The number of amides is 1. The summed E-state index contributed by atoms with van der Waals surface area (Å²) in [7, 11) is 1.60. The summed E-state index contributed by atoms with van der Waals surface area (Å²) in [5, 5.41) is 11.5. The summed E-state index contributed by atoms with van der Waals surface area (Å²) in [6, 6.07) is 10.8. The number of rotatable bonds is 6. The van der Waals surface area contributed by atoms with Gasteiger partial charge in [-0.1, -0.05) is 35.5 Å². The Balaban J connectivity index is 1.74. The SMILES string of the molecule is COc1ccccc1-n1cnnc1SC(C)C(=O)Nc1ccc(Cl)cn1. The first-order chi connectivity index (χ1) is 12.6. The van der Waals surface area contributed by atoms with Crippen molar-refractivity contribution in [2.24, 2.45) is 0 Å². The summed E-state index contributed by atoms with van der Waals surface area (Å²) < 4.78 is 7.17. The van der Waals surface area contributed by atoms with Gasteiger partial charge in [0.2, 0.25) is 5.91 Å². The Hall–Kier alpha value is -2.58. The molecule has 1 atom stereocenters. The van der Waals surface area contributed by atoms with Crippen molar-refractivity contribution in [2.45, 2.75) is 17.3 Å². The predicted octanol–water partition coefficient (Wildman–Crippen LogP) is 3.44. The van der Waals surface area contributed by atoms with Crippen molar-refractivity contribution in [1.29, 1.82) is 0 Å². The Morgan fingerprint density at radius 3 is 2.85 bits per heavy atom. The molecule has 0 saturated heterocycles. The normalized spacial score (nSPS) is 11.8. The second-order valence-corrected chi connectivity index (χ2v) is 7.01. The molecule has 0 radical (unpaired) electrons. The molecule has 0 aliphatic carbocycles. The number of pyridine rings is 1. The van der Waals surface area contributed by atoms with Crippen molar-refractivity contribution in [3.05, 3.63) is 53.9 Å². The molecule has 0 saturated carbocycles. The molecule has 0 aliphatic heterocycles. The number of hydrogen-bond acceptors (Lipinski definition) is 6. The van der Waals surface area contributed by atoms with Gasteiger partial charge in [-0.05, 0) is 31.2 Å². The molecule has 3 rings (SSSR count). The summed E-state index contributed by atoms with van der Waals surface area (Å²) in [6.45, 7) is 1.79. The molecule has 1 amide bonds. The molecule has 134 valence electrons. The van der Waals surface area contributed by atoms with Gasteiger partial charge in [-0.2, -0.15) is 0 Å². The number of nitrogens with one attached hydrogen (secondary N) is 1. The number of carbonyl (C=O) groups is 1. The molecule has 1 aromatic carbocycles. The third-order valence-corrected chi connectivity index (χ3v) is 4.77. The number of carbonyl (C=O) groups excluding carboxylic acids is 1. The number of nitrogens with zero attached hydrogens (tertiary/aromatic N) is 4. The Kier molecular flexibility index (Phi) is 5.75. The van der Waals surface area contributed by atoms with Crippen LogP contribution in [-0.4, -0.2) is 38.0 Å². The predicted molar refractivity (Wildman–Crippen MR) is 101 cm³/mol. The van der Waals surface area contributed by atoms with Crippen LogP contribution < -0.4 is 10.1 Å². The summed E-state index contributed by atoms with van der Waals surface area (Å²) in [4.78, 5) is 16.5. The third-order valence-electron chi connectivity index (χ3n) is 3.49. The number of benzene rings is 1. The molecule has 2 aromatic heterocycles. The fraction of sp³-hybridized carbons (Fsp3) is 0.176. The van der Waals surface area contributed by atoms with Crippen molar-refractivity contribution in [3.63, 3.8) is 0 Å². The monoisotopic (exact) mass is 389 g/mol. The lowest BCUT2D eigenvalue weighted by Gasteiger charge is -2.13. The minimum absolute atomic E-state index is 0.195. The van der Waals surface area contributed by atoms with E-state index in [1.165, 1.54) is 18.0 Å². The molecule has 0 aliphatic rings. The number of thioether (sulfide) groups is 1. The third kappa shape index (κ3) is 4.14. The van der Waals surface area contributed by atoms with E-state index in [2.05, 4.69) is 20.5 Å². The van der Waals surface area contributed by atoms with E-state index in [0.717, 1.165) is 5.69 Å². The second-order valence-electron chi connectivity index (χ2n) is 5.27. The number of ether oxygens (including phenoxy) is 1. The van der Waals surface area contributed by atoms with Gasteiger partial charge in [0.25, 0.3) is 0 Å². The van der Waals surface area contributed by atoms with Gasteiger partial charge in [-0.15, -0.1) is 10.2 Å². The zero-order chi connectivity index (χ0) is 18.5. The number of anilines is 1. The van der Waals surface area contributed by atoms with Gasteiger partial charge in [0.15, 0.2) is 5.16 Å². The van der Waals surface area contributed by atoms with Gasteiger partial charge < -0.3 is 10.1 Å². The number of hydrogen-bond donors (Lipinski definition) is 1. The summed E-state index contributed by atoms with van der Waals surface area (Å²) in [5.74, 6) is 0.939. The van der Waals surface area contributed by atoms with Gasteiger partial charge in [0, 0.05) is 6.20 Å². The van der Waals surface area contributed by atoms with Crippen LogP contribution in [-0.2, 0) is 4.79 Å². The molecule has 7 nitrogen and oxygen atoms in total. The topological polar surface area (TPSA) is 81.9 Å². The highest BCUT2D eigenvalue weighted by molar-refractivity contribution is 8.00. The average molecular weight is 390 g/mol. The molecule has 0 fully saturated rings. The molecule has 26 heavy (non-hydrogen) atoms. The zero-order valence-corrected chi connectivity index (χ0v) is 15.7. The van der Waals surface area contributed by atoms with Crippen molar-refractivity contribution >= 4 is 35.1 Å². The standard InChI is InChI=1S/C17H16ClN5O2S/c1-11(16(24)21-15-8-7-12(18)9-19-15)26-17-22-20-10-23(17)13-5-3-4-6-14(13)25-2/h3-11H,1-2H3,(H,19,21,24). The van der Waals surface area contributed by atoms with Crippen molar-refractivity contribution in [3.8, 4) is 11.4 Å². The minimum Gasteiger partial charge on any atom is -0.495 e. The Morgan fingerprint density at radius 1 is 1.31 bits per heavy atom. The van der Waals surface area contributed by atoms with Crippen LogP contribution in [0.25, 0.3) is 5.69 Å². The van der Waals surface area contributed by atoms with Crippen LogP contribution in [0.2, 0.25) is 5.02 Å². The molecular weight excluding hydrogens is 374 g/mol. The van der Waals surface area contributed by atoms with Crippen LogP contribution in [0.3, 0.4) is 0 Å². The van der Waals surface area contributed by atoms with Gasteiger partial charge in [-0.3, -0.25) is 9.36 Å². The van der Waals surface area contributed by atoms with Crippen molar-refractivity contribution in [2.75, 3.05) is 12.4 Å². The Morgan fingerprint density at radius 2 is 2.12 bits per heavy atom. The first-order valence-electron chi connectivity index (χ1n) is 7.71. The largest absolute Gasteiger partial charge is 0.495 e. The van der Waals surface area contributed by atoms with Gasteiger partial charge in [0.1, 0.15) is 17.9 Å². The fourth-order valence-electron chi connectivity index (χ4n) is 2.19. The van der Waals surface area contributed by atoms with E-state index in [0.29, 0.717) is 21.7 Å². The average Bonchev–Trinajstić information content (AvgIpc) is 3.11. The molecule has 9 heteroatoms. The highest BCUT2D eigenvalue weighted by atomic mass is 35.5. The van der Waals surface area contributed by atoms with E-state index >= 15 is 0 Å². The quantitative estimate of drug-likeness (QED) is 0.650. The lowest BCUT2D eigenvalue weighted by molar-refractivity contribution is -0.115. The number of aromatic nitrogens is 4. The Labute approximate surface area is 159 Å². The van der Waals surface area contributed by atoms with Crippen LogP contribution in [0.15, 0.2) is 54.1 Å². The highest BCUT2D eigenvalue weighted by Gasteiger charge is 2.20. The van der Waals surface area contributed by atoms with Gasteiger partial charge >= 0.3 is 0 Å². The first kappa shape index (κ1) is 18.2. The lowest BCUT2D eigenvalue weighted by atomic mass is 10.3. The van der Waals surface area contributed by atoms with E-state index in [-0.39, 0.29) is 5.91 Å². The molecule has 1 N–H and O–H groups in total. The molecule has 0 bridgehead atoms. The van der Waals surface area contributed by atoms with Gasteiger partial charge in [-0.25, -0.2) is 4.98 Å². The molecule has 0 spiro atoms. The van der Waals surface area contributed by atoms with Crippen LogP contribution in [0.5, 0.6) is 5.75 Å². The maximum atomic E-state index is 12.4. The van der Waals surface area contributed by atoms with E-state index < -0.39 is 5.25 Å². The lowest BCUT2D eigenvalue weighted by Crippen LogP contribution is -2.23. The molecular formula is C17H16ClN5O2S. The van der Waals surface area contributed by atoms with E-state index in [1.807, 2.05) is 24.3 Å². The molecule has 2 heterocycles. The summed E-state index contributed by atoms with van der Waals surface area (Å²) in [6.07, 6.45) is 3.07. The summed E-state index contributed by atoms with van der Waals surface area (Å²) >= 11 is 7.09. The molecule has 1 unspecified atom stereocenters. The van der Waals surface area contributed by atoms with Gasteiger partial charge in [0.05, 0.1) is 23.1 Å². The zero-order valence-electron chi connectivity index (χ0n) is 14.1. The van der Waals surface area contributed by atoms with Crippen LogP contribution >= 0.6 is 23.4 Å². The van der Waals surface area contributed by atoms with E-state index in [1.54, 1.807) is 37.1 Å². The summed E-state index contributed by atoms with van der Waals surface area (Å²) in [5.41, 5.74) is 0.800. The second kappa shape index (κ2) is 8.20. The maximum Gasteiger partial charge on any atom is 0.238 e. The smallest absolute Gasteiger partial charge is 0.238 e. The maximum absolute atomic E-state index is 12.4.